The van der Waals surface area contributed by atoms with Gasteiger partial charge in [-0.15, -0.1) is 0 Å². The molecule has 1 aliphatic carbocycles. The van der Waals surface area contributed by atoms with Crippen LogP contribution < -0.4 is 20.1 Å². The first kappa shape index (κ1) is 19.0. The maximum absolute atomic E-state index is 12.7. The highest BCUT2D eigenvalue weighted by molar-refractivity contribution is 5.85. The van der Waals surface area contributed by atoms with Gasteiger partial charge in [0.2, 0.25) is 0 Å². The van der Waals surface area contributed by atoms with Gasteiger partial charge in [-0.05, 0) is 69.3 Å². The van der Waals surface area contributed by atoms with Crippen molar-refractivity contribution in [2.45, 2.75) is 56.8 Å². The SMILES string of the molecule is COc1ccc(CNC(=O)C2(OC)CCNCC2)cc1OC1CCCC1. The van der Waals surface area contributed by atoms with Gasteiger partial charge in [0.05, 0.1) is 13.2 Å². The highest BCUT2D eigenvalue weighted by Gasteiger charge is 2.39. The summed E-state index contributed by atoms with van der Waals surface area (Å²) in [7, 11) is 3.27. The van der Waals surface area contributed by atoms with Gasteiger partial charge in [-0.1, -0.05) is 6.07 Å². The van der Waals surface area contributed by atoms with Crippen LogP contribution in [0.3, 0.4) is 0 Å². The summed E-state index contributed by atoms with van der Waals surface area (Å²) in [5.41, 5.74) is 0.272. The molecule has 1 saturated heterocycles. The van der Waals surface area contributed by atoms with Crippen LogP contribution in [-0.2, 0) is 16.1 Å². The largest absolute Gasteiger partial charge is 0.493 e. The fraction of sp³-hybridized carbons (Fsp3) is 0.650. The van der Waals surface area contributed by atoms with Crippen LogP contribution in [0.5, 0.6) is 11.5 Å². The Labute approximate surface area is 155 Å². The molecule has 6 nitrogen and oxygen atoms in total. The Morgan fingerprint density at radius 3 is 2.58 bits per heavy atom. The molecule has 1 aromatic rings. The lowest BCUT2D eigenvalue weighted by Crippen LogP contribution is -2.53. The van der Waals surface area contributed by atoms with Gasteiger partial charge < -0.3 is 24.8 Å². The summed E-state index contributed by atoms with van der Waals surface area (Å²) in [5.74, 6) is 1.45. The Balaban J connectivity index is 1.64. The molecule has 3 rings (SSSR count). The summed E-state index contributed by atoms with van der Waals surface area (Å²) in [4.78, 5) is 12.7. The Kier molecular flexibility index (Phi) is 6.38. The van der Waals surface area contributed by atoms with Gasteiger partial charge >= 0.3 is 0 Å². The second kappa shape index (κ2) is 8.73. The zero-order valence-electron chi connectivity index (χ0n) is 15.8. The lowest BCUT2D eigenvalue weighted by Gasteiger charge is -2.34. The highest BCUT2D eigenvalue weighted by Crippen LogP contribution is 2.32. The molecule has 26 heavy (non-hydrogen) atoms. The van der Waals surface area contributed by atoms with E-state index in [0.717, 1.165) is 43.0 Å². The van der Waals surface area contributed by atoms with E-state index >= 15 is 0 Å². The average molecular weight is 362 g/mol. The van der Waals surface area contributed by atoms with Crippen molar-refractivity contribution in [2.75, 3.05) is 27.3 Å². The molecule has 0 aromatic heterocycles. The van der Waals surface area contributed by atoms with Crippen LogP contribution >= 0.6 is 0 Å². The molecule has 1 heterocycles. The number of nitrogens with one attached hydrogen (secondary N) is 2. The number of benzene rings is 1. The van der Waals surface area contributed by atoms with Crippen LogP contribution in [0.1, 0.15) is 44.1 Å². The van der Waals surface area contributed by atoms with Crippen LogP contribution in [0.25, 0.3) is 0 Å². The summed E-state index contributed by atoms with van der Waals surface area (Å²) in [6, 6.07) is 5.84. The van der Waals surface area contributed by atoms with Gasteiger partial charge in [0, 0.05) is 13.7 Å². The molecular weight excluding hydrogens is 332 g/mol. The Bertz CT molecular complexity index is 608. The van der Waals surface area contributed by atoms with Crippen LogP contribution in [0.2, 0.25) is 0 Å². The van der Waals surface area contributed by atoms with Gasteiger partial charge in [0.25, 0.3) is 5.91 Å². The first-order chi connectivity index (χ1) is 12.7. The number of amides is 1. The number of rotatable bonds is 7. The van der Waals surface area contributed by atoms with Gasteiger partial charge in [0.15, 0.2) is 11.5 Å². The van der Waals surface area contributed by atoms with E-state index in [9.17, 15) is 4.79 Å². The van der Waals surface area contributed by atoms with Crippen molar-refractivity contribution in [1.29, 1.82) is 0 Å². The molecular formula is C20H30N2O4. The van der Waals surface area contributed by atoms with Crippen LogP contribution in [-0.4, -0.2) is 44.9 Å². The third kappa shape index (κ3) is 4.30. The Morgan fingerprint density at radius 2 is 1.92 bits per heavy atom. The van der Waals surface area contributed by atoms with E-state index in [1.807, 2.05) is 18.2 Å². The predicted molar refractivity (Wildman–Crippen MR) is 99.6 cm³/mol. The normalized spacial score (nSPS) is 19.9. The van der Waals surface area contributed by atoms with E-state index in [1.54, 1.807) is 14.2 Å². The summed E-state index contributed by atoms with van der Waals surface area (Å²) in [6.07, 6.45) is 6.26. The van der Waals surface area contributed by atoms with Crippen molar-refractivity contribution in [3.63, 3.8) is 0 Å². The third-order valence-corrected chi connectivity index (χ3v) is 5.49. The smallest absolute Gasteiger partial charge is 0.252 e. The number of hydrogen-bond donors (Lipinski definition) is 2. The maximum atomic E-state index is 12.7. The fourth-order valence-corrected chi connectivity index (χ4v) is 3.81. The Hall–Kier alpha value is -1.79. The number of carbonyl (C=O) groups excluding carboxylic acids is 1. The molecule has 0 spiro atoms. The monoisotopic (exact) mass is 362 g/mol. The second-order valence-corrected chi connectivity index (χ2v) is 7.14. The van der Waals surface area contributed by atoms with Gasteiger partial charge in [-0.3, -0.25) is 4.79 Å². The molecule has 2 N–H and O–H groups in total. The zero-order valence-corrected chi connectivity index (χ0v) is 15.8. The molecule has 2 aliphatic rings. The molecule has 2 fully saturated rings. The quantitative estimate of drug-likeness (QED) is 0.780. The number of hydrogen-bond acceptors (Lipinski definition) is 5. The van der Waals surface area contributed by atoms with Gasteiger partial charge in [-0.2, -0.15) is 0 Å². The number of ether oxygens (including phenoxy) is 3. The van der Waals surface area contributed by atoms with Crippen LogP contribution in [0.4, 0.5) is 0 Å². The molecule has 1 saturated carbocycles. The molecule has 1 aliphatic heterocycles. The van der Waals surface area contributed by atoms with E-state index in [4.69, 9.17) is 14.2 Å². The topological polar surface area (TPSA) is 68.8 Å². The summed E-state index contributed by atoms with van der Waals surface area (Å²) >= 11 is 0. The van der Waals surface area contributed by atoms with Gasteiger partial charge in [-0.25, -0.2) is 0 Å². The van der Waals surface area contributed by atoms with E-state index in [0.29, 0.717) is 19.4 Å². The summed E-state index contributed by atoms with van der Waals surface area (Å²) < 4.78 is 17.1. The minimum absolute atomic E-state index is 0.0458. The lowest BCUT2D eigenvalue weighted by atomic mass is 9.91. The molecule has 1 amide bonds. The third-order valence-electron chi connectivity index (χ3n) is 5.49. The molecule has 0 radical (unpaired) electrons. The molecule has 0 bridgehead atoms. The van der Waals surface area contributed by atoms with E-state index in [1.165, 1.54) is 12.8 Å². The Morgan fingerprint density at radius 1 is 1.19 bits per heavy atom. The lowest BCUT2D eigenvalue weighted by molar-refractivity contribution is -0.146. The summed E-state index contributed by atoms with van der Waals surface area (Å²) in [5, 5.41) is 6.30. The van der Waals surface area contributed by atoms with E-state index in [2.05, 4.69) is 10.6 Å². The summed E-state index contributed by atoms with van der Waals surface area (Å²) in [6.45, 7) is 2.04. The van der Waals surface area contributed by atoms with Crippen molar-refractivity contribution < 1.29 is 19.0 Å². The minimum Gasteiger partial charge on any atom is -0.493 e. The fourth-order valence-electron chi connectivity index (χ4n) is 3.81. The number of methoxy groups -OCH3 is 2. The van der Waals surface area contributed by atoms with E-state index in [-0.39, 0.29) is 12.0 Å². The van der Waals surface area contributed by atoms with E-state index < -0.39 is 5.60 Å². The van der Waals surface area contributed by atoms with Crippen molar-refractivity contribution in [2.24, 2.45) is 0 Å². The molecule has 6 heteroatoms. The molecule has 0 unspecified atom stereocenters. The van der Waals surface area contributed by atoms with Crippen molar-refractivity contribution in [3.05, 3.63) is 23.8 Å². The van der Waals surface area contributed by atoms with Crippen molar-refractivity contribution >= 4 is 5.91 Å². The number of carbonyl (C=O) groups is 1. The predicted octanol–water partition coefficient (Wildman–Crippen LogP) is 2.40. The minimum atomic E-state index is -0.721. The highest BCUT2D eigenvalue weighted by atomic mass is 16.5. The van der Waals surface area contributed by atoms with Crippen molar-refractivity contribution in [1.82, 2.24) is 10.6 Å². The zero-order chi connectivity index (χ0) is 18.4. The van der Waals surface area contributed by atoms with Crippen LogP contribution in [0.15, 0.2) is 18.2 Å². The second-order valence-electron chi connectivity index (χ2n) is 7.14. The van der Waals surface area contributed by atoms with Gasteiger partial charge in [0.1, 0.15) is 5.60 Å². The van der Waals surface area contributed by atoms with Crippen molar-refractivity contribution in [3.8, 4) is 11.5 Å². The molecule has 0 atom stereocenters. The molecule has 1 aromatic carbocycles. The maximum Gasteiger partial charge on any atom is 0.252 e. The number of piperidine rings is 1. The van der Waals surface area contributed by atoms with Crippen LogP contribution in [0, 0.1) is 0 Å². The molecule has 144 valence electrons. The first-order valence-electron chi connectivity index (χ1n) is 9.54. The first-order valence-corrected chi connectivity index (χ1v) is 9.54. The standard InChI is InChI=1S/C20H30N2O4/c1-24-17-8-7-15(13-18(17)26-16-5-3-4-6-16)14-22-19(23)20(25-2)9-11-21-12-10-20/h7-8,13,16,21H,3-6,9-12,14H2,1-2H3,(H,22,23). The average Bonchev–Trinajstić information content (AvgIpc) is 3.20.